The van der Waals surface area contributed by atoms with E-state index in [9.17, 15) is 9.59 Å². The third kappa shape index (κ3) is 4.62. The fourth-order valence-electron chi connectivity index (χ4n) is 1.93. The van der Waals surface area contributed by atoms with Gasteiger partial charge in [0.05, 0.1) is 12.2 Å². The van der Waals surface area contributed by atoms with E-state index in [4.69, 9.17) is 5.73 Å². The largest absolute Gasteiger partial charge is 0.343 e. The van der Waals surface area contributed by atoms with E-state index in [1.807, 2.05) is 6.92 Å². The SMILES string of the molecule is CCCC(N)C(=O)NC(C)C(=O)NC1CCCN1. The molecule has 6 heteroatoms. The summed E-state index contributed by atoms with van der Waals surface area (Å²) in [5.41, 5.74) is 5.68. The van der Waals surface area contributed by atoms with Crippen molar-refractivity contribution in [2.75, 3.05) is 6.54 Å². The maximum Gasteiger partial charge on any atom is 0.243 e. The van der Waals surface area contributed by atoms with Gasteiger partial charge in [-0.1, -0.05) is 13.3 Å². The van der Waals surface area contributed by atoms with E-state index < -0.39 is 12.1 Å². The number of rotatable bonds is 6. The van der Waals surface area contributed by atoms with Crippen molar-refractivity contribution >= 4 is 11.8 Å². The molecule has 3 unspecified atom stereocenters. The van der Waals surface area contributed by atoms with Gasteiger partial charge in [0.25, 0.3) is 0 Å². The molecule has 0 spiro atoms. The van der Waals surface area contributed by atoms with Crippen LogP contribution >= 0.6 is 0 Å². The average Bonchev–Trinajstić information content (AvgIpc) is 2.81. The third-order valence-electron chi connectivity index (χ3n) is 3.07. The lowest BCUT2D eigenvalue weighted by atomic mass is 10.1. The van der Waals surface area contributed by atoms with Crippen LogP contribution in [0.4, 0.5) is 0 Å². The zero-order valence-corrected chi connectivity index (χ0v) is 11.2. The molecule has 1 heterocycles. The quantitative estimate of drug-likeness (QED) is 0.512. The number of carbonyl (C=O) groups excluding carboxylic acids is 2. The van der Waals surface area contributed by atoms with Crippen molar-refractivity contribution < 1.29 is 9.59 Å². The van der Waals surface area contributed by atoms with Crippen molar-refractivity contribution in [1.29, 1.82) is 0 Å². The monoisotopic (exact) mass is 256 g/mol. The second kappa shape index (κ2) is 7.33. The van der Waals surface area contributed by atoms with E-state index in [0.717, 1.165) is 25.8 Å². The highest BCUT2D eigenvalue weighted by Crippen LogP contribution is 2.02. The molecular weight excluding hydrogens is 232 g/mol. The summed E-state index contributed by atoms with van der Waals surface area (Å²) in [7, 11) is 0. The average molecular weight is 256 g/mol. The number of carbonyl (C=O) groups is 2. The van der Waals surface area contributed by atoms with Crippen LogP contribution in [-0.2, 0) is 9.59 Å². The van der Waals surface area contributed by atoms with Gasteiger partial charge >= 0.3 is 0 Å². The van der Waals surface area contributed by atoms with E-state index in [-0.39, 0.29) is 18.0 Å². The highest BCUT2D eigenvalue weighted by Gasteiger charge is 2.22. The molecule has 18 heavy (non-hydrogen) atoms. The molecule has 1 fully saturated rings. The molecule has 0 aromatic heterocycles. The van der Waals surface area contributed by atoms with Crippen LogP contribution < -0.4 is 21.7 Å². The van der Waals surface area contributed by atoms with Crippen LogP contribution in [-0.4, -0.2) is 36.6 Å². The molecule has 3 atom stereocenters. The Labute approximate surface area is 108 Å². The standard InChI is InChI=1S/C12H24N4O2/c1-3-5-9(13)12(18)15-8(2)11(17)16-10-6-4-7-14-10/h8-10,14H,3-7,13H2,1-2H3,(H,15,18)(H,16,17). The lowest BCUT2D eigenvalue weighted by Gasteiger charge is -2.19. The fraction of sp³-hybridized carbons (Fsp3) is 0.833. The number of nitrogens with two attached hydrogens (primary N) is 1. The highest BCUT2D eigenvalue weighted by molar-refractivity contribution is 5.89. The molecule has 0 aromatic rings. The minimum atomic E-state index is -0.553. The predicted molar refractivity (Wildman–Crippen MR) is 69.7 cm³/mol. The Bertz CT molecular complexity index is 290. The summed E-state index contributed by atoms with van der Waals surface area (Å²) in [5, 5.41) is 8.65. The normalized spacial score (nSPS) is 22.3. The zero-order chi connectivity index (χ0) is 13.5. The Hall–Kier alpha value is -1.14. The first-order chi connectivity index (χ1) is 8.54. The molecule has 1 aliphatic heterocycles. The van der Waals surface area contributed by atoms with Gasteiger partial charge in [-0.05, 0) is 32.7 Å². The second-order valence-corrected chi connectivity index (χ2v) is 4.78. The van der Waals surface area contributed by atoms with Crippen LogP contribution in [0.1, 0.15) is 39.5 Å². The second-order valence-electron chi connectivity index (χ2n) is 4.78. The lowest BCUT2D eigenvalue weighted by molar-refractivity contribution is -0.129. The van der Waals surface area contributed by atoms with Crippen LogP contribution in [0.3, 0.4) is 0 Å². The highest BCUT2D eigenvalue weighted by atomic mass is 16.2. The summed E-state index contributed by atoms with van der Waals surface area (Å²) in [6, 6.07) is -1.09. The van der Waals surface area contributed by atoms with Gasteiger partial charge in [0, 0.05) is 0 Å². The van der Waals surface area contributed by atoms with Crippen LogP contribution in [0.25, 0.3) is 0 Å². The van der Waals surface area contributed by atoms with Gasteiger partial charge < -0.3 is 16.4 Å². The van der Waals surface area contributed by atoms with Crippen LogP contribution in [0.15, 0.2) is 0 Å². The van der Waals surface area contributed by atoms with Crippen molar-refractivity contribution in [2.24, 2.45) is 5.73 Å². The fourth-order valence-corrected chi connectivity index (χ4v) is 1.93. The minimum Gasteiger partial charge on any atom is -0.343 e. The molecule has 0 bridgehead atoms. The first-order valence-electron chi connectivity index (χ1n) is 6.64. The summed E-state index contributed by atoms with van der Waals surface area (Å²) in [6.07, 6.45) is 3.50. The molecule has 0 saturated carbocycles. The van der Waals surface area contributed by atoms with Gasteiger partial charge in [-0.2, -0.15) is 0 Å². The molecule has 104 valence electrons. The maximum absolute atomic E-state index is 11.8. The molecule has 0 aromatic carbocycles. The number of nitrogens with one attached hydrogen (secondary N) is 3. The Morgan fingerprint density at radius 2 is 2.17 bits per heavy atom. The zero-order valence-electron chi connectivity index (χ0n) is 11.2. The van der Waals surface area contributed by atoms with Crippen LogP contribution in [0, 0.1) is 0 Å². The van der Waals surface area contributed by atoms with E-state index in [1.54, 1.807) is 6.92 Å². The molecule has 1 aliphatic rings. The summed E-state index contributed by atoms with van der Waals surface area (Å²) in [4.78, 5) is 23.5. The molecule has 6 nitrogen and oxygen atoms in total. The Kier molecular flexibility index (Phi) is 6.07. The van der Waals surface area contributed by atoms with Crippen molar-refractivity contribution in [1.82, 2.24) is 16.0 Å². The number of amides is 2. The number of hydrogen-bond donors (Lipinski definition) is 4. The van der Waals surface area contributed by atoms with Gasteiger partial charge in [0.15, 0.2) is 0 Å². The number of hydrogen-bond acceptors (Lipinski definition) is 4. The topological polar surface area (TPSA) is 96.2 Å². The van der Waals surface area contributed by atoms with Crippen LogP contribution in [0.5, 0.6) is 0 Å². The molecule has 2 amide bonds. The Morgan fingerprint density at radius 3 is 2.72 bits per heavy atom. The van der Waals surface area contributed by atoms with Gasteiger partial charge in [-0.15, -0.1) is 0 Å². The summed E-state index contributed by atoms with van der Waals surface area (Å²) >= 11 is 0. The Balaban J connectivity index is 2.32. The molecule has 0 radical (unpaired) electrons. The lowest BCUT2D eigenvalue weighted by Crippen LogP contribution is -2.53. The van der Waals surface area contributed by atoms with Crippen molar-refractivity contribution in [2.45, 2.75) is 57.8 Å². The first-order valence-corrected chi connectivity index (χ1v) is 6.64. The summed E-state index contributed by atoms with van der Waals surface area (Å²) in [6.45, 7) is 4.56. The molecule has 1 saturated heterocycles. The maximum atomic E-state index is 11.8. The van der Waals surface area contributed by atoms with Crippen molar-refractivity contribution in [3.8, 4) is 0 Å². The predicted octanol–water partition coefficient (Wildman–Crippen LogP) is -0.556. The van der Waals surface area contributed by atoms with E-state index in [1.165, 1.54) is 0 Å². The van der Waals surface area contributed by atoms with Crippen molar-refractivity contribution in [3.05, 3.63) is 0 Å². The smallest absolute Gasteiger partial charge is 0.243 e. The van der Waals surface area contributed by atoms with E-state index in [0.29, 0.717) is 6.42 Å². The molecule has 5 N–H and O–H groups in total. The van der Waals surface area contributed by atoms with Crippen molar-refractivity contribution in [3.63, 3.8) is 0 Å². The molecule has 0 aliphatic carbocycles. The van der Waals surface area contributed by atoms with Gasteiger partial charge in [-0.3, -0.25) is 14.9 Å². The van der Waals surface area contributed by atoms with Crippen LogP contribution in [0.2, 0.25) is 0 Å². The van der Waals surface area contributed by atoms with Gasteiger partial charge in [-0.25, -0.2) is 0 Å². The third-order valence-corrected chi connectivity index (χ3v) is 3.07. The van der Waals surface area contributed by atoms with E-state index in [2.05, 4.69) is 16.0 Å². The van der Waals surface area contributed by atoms with E-state index >= 15 is 0 Å². The Morgan fingerprint density at radius 1 is 1.44 bits per heavy atom. The molecule has 1 rings (SSSR count). The summed E-state index contributed by atoms with van der Waals surface area (Å²) in [5.74, 6) is -0.440. The first kappa shape index (κ1) is 14.9. The van der Waals surface area contributed by atoms with Gasteiger partial charge in [0.2, 0.25) is 11.8 Å². The van der Waals surface area contributed by atoms with Gasteiger partial charge in [0.1, 0.15) is 6.04 Å². The minimum absolute atomic E-state index is 0.0289. The summed E-state index contributed by atoms with van der Waals surface area (Å²) < 4.78 is 0. The molecular formula is C12H24N4O2.